The van der Waals surface area contributed by atoms with Crippen LogP contribution in [0, 0.1) is 5.92 Å². The van der Waals surface area contributed by atoms with E-state index in [-0.39, 0.29) is 5.92 Å². The molecular formula is C20H25IOSi. The lowest BCUT2D eigenvalue weighted by atomic mass is 9.91. The molecule has 122 valence electrons. The minimum atomic E-state index is -2.23. The second kappa shape index (κ2) is 7.32. The van der Waals surface area contributed by atoms with Crippen molar-refractivity contribution in [3.8, 4) is 0 Å². The minimum Gasteiger partial charge on any atom is -0.388 e. The van der Waals surface area contributed by atoms with E-state index in [0.29, 0.717) is 0 Å². The third-order valence-corrected chi connectivity index (χ3v) is 10.1. The average molecular weight is 436 g/mol. The van der Waals surface area contributed by atoms with Gasteiger partial charge in [-0.25, -0.2) is 0 Å². The Hall–Kier alpha value is -0.913. The lowest BCUT2D eigenvalue weighted by Gasteiger charge is -2.47. The van der Waals surface area contributed by atoms with Gasteiger partial charge in [-0.1, -0.05) is 114 Å². The van der Waals surface area contributed by atoms with Crippen LogP contribution in [0.2, 0.25) is 13.1 Å². The fraction of sp³-hybridized carbons (Fsp3) is 0.300. The topological polar surface area (TPSA) is 20.2 Å². The van der Waals surface area contributed by atoms with E-state index < -0.39 is 13.3 Å². The van der Waals surface area contributed by atoms with Crippen LogP contribution in [0.3, 0.4) is 0 Å². The van der Waals surface area contributed by atoms with E-state index in [1.165, 1.54) is 5.19 Å². The summed E-state index contributed by atoms with van der Waals surface area (Å²) in [4.78, 5) is 0. The van der Waals surface area contributed by atoms with Gasteiger partial charge in [-0.2, -0.15) is 0 Å². The molecule has 0 saturated heterocycles. The minimum absolute atomic E-state index is 0.0346. The van der Waals surface area contributed by atoms with Crippen molar-refractivity contribution in [2.24, 2.45) is 5.92 Å². The lowest BCUT2D eigenvalue weighted by molar-refractivity contribution is 0.0763. The summed E-state index contributed by atoms with van der Waals surface area (Å²) in [5, 5.41) is 12.5. The van der Waals surface area contributed by atoms with Gasteiger partial charge in [-0.3, -0.25) is 0 Å². The van der Waals surface area contributed by atoms with Crippen molar-refractivity contribution >= 4 is 35.9 Å². The van der Waals surface area contributed by atoms with Crippen LogP contribution in [0.1, 0.15) is 12.5 Å². The molecule has 0 aliphatic carbocycles. The molecule has 0 heterocycles. The summed E-state index contributed by atoms with van der Waals surface area (Å²) in [5.74, 6) is 0.0346. The van der Waals surface area contributed by atoms with Gasteiger partial charge in [0.15, 0.2) is 0 Å². The van der Waals surface area contributed by atoms with Gasteiger partial charge in [-0.15, -0.1) is 0 Å². The monoisotopic (exact) mass is 436 g/mol. The van der Waals surface area contributed by atoms with Crippen molar-refractivity contribution in [3.05, 3.63) is 78.4 Å². The van der Waals surface area contributed by atoms with Crippen LogP contribution in [-0.4, -0.2) is 17.6 Å². The average Bonchev–Trinajstić information content (AvgIpc) is 2.56. The molecule has 1 N–H and O–H groups in total. The van der Waals surface area contributed by atoms with Gasteiger partial charge >= 0.3 is 0 Å². The van der Waals surface area contributed by atoms with E-state index in [2.05, 4.69) is 78.7 Å². The maximum Gasteiger partial charge on any atom is 0.123 e. The van der Waals surface area contributed by atoms with Crippen LogP contribution in [0.15, 0.2) is 72.8 Å². The summed E-state index contributed by atoms with van der Waals surface area (Å²) in [6.45, 7) is 10.7. The molecule has 0 saturated carbocycles. The zero-order chi connectivity index (χ0) is 17.1. The van der Waals surface area contributed by atoms with Crippen molar-refractivity contribution < 1.29 is 5.11 Å². The van der Waals surface area contributed by atoms with Crippen molar-refractivity contribution in [2.45, 2.75) is 25.2 Å². The zero-order valence-corrected chi connectivity index (χ0v) is 17.2. The van der Waals surface area contributed by atoms with Crippen LogP contribution in [0.5, 0.6) is 0 Å². The predicted octanol–water partition coefficient (Wildman–Crippen LogP) is 4.66. The fourth-order valence-corrected chi connectivity index (χ4v) is 8.74. The molecule has 0 amide bonds. The standard InChI is InChI=1S/C20H25IOSi/c1-16(2)19(15-21)20(22,17-11-7-5-8-12-17)23(3,4)18-13-9-6-10-14-18/h5-14,19,22H,1,15H2,2-4H3/t19-,20-/m0/s1. The summed E-state index contributed by atoms with van der Waals surface area (Å²) >= 11 is 2.38. The largest absolute Gasteiger partial charge is 0.388 e. The van der Waals surface area contributed by atoms with Gasteiger partial charge < -0.3 is 5.11 Å². The van der Waals surface area contributed by atoms with E-state index in [9.17, 15) is 5.11 Å². The third kappa shape index (κ3) is 3.32. The first-order valence-electron chi connectivity index (χ1n) is 7.90. The Labute approximate surface area is 154 Å². The SMILES string of the molecule is C=C(C)[C@H](CI)[C@](O)(c1ccccc1)[Si](C)(C)c1ccccc1. The van der Waals surface area contributed by atoms with Gasteiger partial charge in [0.1, 0.15) is 8.07 Å². The van der Waals surface area contributed by atoms with Crippen LogP contribution in [0.25, 0.3) is 0 Å². The molecule has 0 unspecified atom stereocenters. The second-order valence-electron chi connectivity index (χ2n) is 6.68. The number of aliphatic hydroxyl groups is 1. The Bertz CT molecular complexity index is 654. The van der Waals surface area contributed by atoms with E-state index in [1.807, 2.05) is 31.2 Å². The van der Waals surface area contributed by atoms with Crippen LogP contribution < -0.4 is 5.19 Å². The first kappa shape index (κ1) is 18.4. The smallest absolute Gasteiger partial charge is 0.123 e. The molecular weight excluding hydrogens is 411 g/mol. The maximum atomic E-state index is 12.1. The van der Waals surface area contributed by atoms with Crippen molar-refractivity contribution in [1.82, 2.24) is 0 Å². The second-order valence-corrected chi connectivity index (χ2v) is 12.1. The van der Waals surface area contributed by atoms with Gasteiger partial charge in [0.05, 0.1) is 5.22 Å². The molecule has 2 atom stereocenters. The summed E-state index contributed by atoms with van der Waals surface area (Å²) in [5.41, 5.74) is 2.05. The molecule has 1 nitrogen and oxygen atoms in total. The normalized spacial score (nSPS) is 15.7. The van der Waals surface area contributed by atoms with Crippen molar-refractivity contribution in [1.29, 1.82) is 0 Å². The zero-order valence-electron chi connectivity index (χ0n) is 14.1. The van der Waals surface area contributed by atoms with Gasteiger partial charge in [0.25, 0.3) is 0 Å². The third-order valence-electron chi connectivity index (χ3n) is 4.92. The summed E-state index contributed by atoms with van der Waals surface area (Å²) in [6, 6.07) is 20.6. The molecule has 2 aromatic carbocycles. The van der Waals surface area contributed by atoms with Crippen LogP contribution >= 0.6 is 22.6 Å². The van der Waals surface area contributed by atoms with Crippen LogP contribution in [-0.2, 0) is 5.22 Å². The predicted molar refractivity (Wildman–Crippen MR) is 111 cm³/mol. The summed E-state index contributed by atoms with van der Waals surface area (Å²) in [6.07, 6.45) is 0. The first-order chi connectivity index (χ1) is 10.9. The molecule has 0 aliphatic rings. The van der Waals surface area contributed by atoms with Crippen molar-refractivity contribution in [3.63, 3.8) is 0 Å². The molecule has 0 bridgehead atoms. The Morgan fingerprint density at radius 1 is 1.09 bits per heavy atom. The number of alkyl halides is 1. The fourth-order valence-electron chi connectivity index (χ4n) is 3.36. The molecule has 0 radical (unpaired) electrons. The number of halogens is 1. The van der Waals surface area contributed by atoms with E-state index in [4.69, 9.17) is 0 Å². The number of rotatable bonds is 6. The van der Waals surface area contributed by atoms with E-state index in [1.54, 1.807) is 0 Å². The highest BCUT2D eigenvalue weighted by molar-refractivity contribution is 14.1. The molecule has 0 spiro atoms. The number of hydrogen-bond acceptors (Lipinski definition) is 1. The highest BCUT2D eigenvalue weighted by Gasteiger charge is 2.52. The van der Waals surface area contributed by atoms with Gasteiger partial charge in [-0.05, 0) is 12.5 Å². The summed E-state index contributed by atoms with van der Waals surface area (Å²) in [7, 11) is -2.23. The molecule has 0 aromatic heterocycles. The van der Waals surface area contributed by atoms with Gasteiger partial charge in [0, 0.05) is 10.3 Å². The highest BCUT2D eigenvalue weighted by Crippen LogP contribution is 2.42. The molecule has 2 rings (SSSR count). The van der Waals surface area contributed by atoms with Gasteiger partial charge in [0.2, 0.25) is 0 Å². The maximum absolute atomic E-state index is 12.1. The van der Waals surface area contributed by atoms with Crippen molar-refractivity contribution in [2.75, 3.05) is 4.43 Å². The van der Waals surface area contributed by atoms with E-state index >= 15 is 0 Å². The highest BCUT2D eigenvalue weighted by atomic mass is 127. The lowest BCUT2D eigenvalue weighted by Crippen LogP contribution is -2.64. The molecule has 2 aromatic rings. The number of benzene rings is 2. The molecule has 23 heavy (non-hydrogen) atoms. The Balaban J connectivity index is 2.70. The molecule has 0 aliphatic heterocycles. The quantitative estimate of drug-likeness (QED) is 0.302. The Kier molecular flexibility index (Phi) is 5.87. The van der Waals surface area contributed by atoms with Crippen LogP contribution in [0.4, 0.5) is 0 Å². The van der Waals surface area contributed by atoms with E-state index in [0.717, 1.165) is 15.6 Å². The molecule has 0 fully saturated rings. The Morgan fingerprint density at radius 2 is 1.57 bits per heavy atom. The summed E-state index contributed by atoms with van der Waals surface area (Å²) < 4.78 is 0.849. The molecule has 3 heteroatoms. The first-order valence-corrected chi connectivity index (χ1v) is 12.4. The number of hydrogen-bond donors (Lipinski definition) is 1. The Morgan fingerprint density at radius 3 is 2.00 bits per heavy atom.